The minimum Gasteiger partial charge on any atom is -0.351 e. The summed E-state index contributed by atoms with van der Waals surface area (Å²) in [5.41, 5.74) is 0.388. The number of carbonyl (C=O) groups excluding carboxylic acids is 1. The Bertz CT molecular complexity index is 502. The molecule has 0 bridgehead atoms. The van der Waals surface area contributed by atoms with Gasteiger partial charge in [-0.2, -0.15) is 0 Å². The maximum Gasteiger partial charge on any atom is 0.252 e. The summed E-state index contributed by atoms with van der Waals surface area (Å²) in [5, 5.41) is 2.52. The van der Waals surface area contributed by atoms with Gasteiger partial charge in [0.1, 0.15) is 4.60 Å². The topological polar surface area (TPSA) is 88.2 Å². The number of rotatable bonds is 6. The predicted octanol–water partition coefficient (Wildman–Crippen LogP) is 0.513. The van der Waals surface area contributed by atoms with Crippen LogP contribution < -0.4 is 10.0 Å². The number of hydrogen-bond acceptors (Lipinski definition) is 4. The van der Waals surface area contributed by atoms with Crippen molar-refractivity contribution in [1.29, 1.82) is 0 Å². The molecule has 0 saturated heterocycles. The molecular weight excluding hydrogens is 322 g/mol. The lowest BCUT2D eigenvalue weighted by molar-refractivity contribution is 0.0955. The molecule has 18 heavy (non-hydrogen) atoms. The highest BCUT2D eigenvalue weighted by Gasteiger charge is 2.10. The molecule has 0 radical (unpaired) electrons. The summed E-state index contributed by atoms with van der Waals surface area (Å²) >= 11 is 3.16. The summed E-state index contributed by atoms with van der Waals surface area (Å²) in [6, 6.07) is 3.25. The number of hydrogen-bond donors (Lipinski definition) is 2. The van der Waals surface area contributed by atoms with Crippen LogP contribution in [0, 0.1) is 0 Å². The van der Waals surface area contributed by atoms with Gasteiger partial charge in [0.2, 0.25) is 10.0 Å². The number of pyridine rings is 1. The summed E-state index contributed by atoms with van der Waals surface area (Å²) < 4.78 is 25.6. The number of halogens is 1. The van der Waals surface area contributed by atoms with Crippen molar-refractivity contribution in [3.8, 4) is 0 Å². The van der Waals surface area contributed by atoms with E-state index in [2.05, 4.69) is 31.0 Å². The van der Waals surface area contributed by atoms with Gasteiger partial charge in [0.15, 0.2) is 0 Å². The first-order valence-corrected chi connectivity index (χ1v) is 7.76. The van der Waals surface area contributed by atoms with Crippen LogP contribution in [0.15, 0.2) is 22.9 Å². The second-order valence-corrected chi connectivity index (χ2v) is 6.18. The van der Waals surface area contributed by atoms with Crippen molar-refractivity contribution in [3.63, 3.8) is 0 Å². The van der Waals surface area contributed by atoms with E-state index in [-0.39, 0.29) is 18.2 Å². The molecule has 0 aromatic carbocycles. The van der Waals surface area contributed by atoms with Gasteiger partial charge in [-0.25, -0.2) is 18.1 Å². The van der Waals surface area contributed by atoms with Gasteiger partial charge >= 0.3 is 0 Å². The highest BCUT2D eigenvalue weighted by atomic mass is 79.9. The Hall–Kier alpha value is -0.990. The monoisotopic (exact) mass is 335 g/mol. The summed E-state index contributed by atoms with van der Waals surface area (Å²) in [5.74, 6) is -0.488. The largest absolute Gasteiger partial charge is 0.351 e. The second kappa shape index (κ2) is 6.81. The van der Waals surface area contributed by atoms with Gasteiger partial charge in [0, 0.05) is 19.3 Å². The zero-order valence-corrected chi connectivity index (χ0v) is 12.2. The average molecular weight is 336 g/mol. The Morgan fingerprint density at radius 2 is 2.17 bits per heavy atom. The Morgan fingerprint density at radius 3 is 2.72 bits per heavy atom. The first-order valence-electron chi connectivity index (χ1n) is 5.31. The van der Waals surface area contributed by atoms with Crippen LogP contribution in [0.3, 0.4) is 0 Å². The molecule has 1 aromatic heterocycles. The number of sulfonamides is 1. The van der Waals surface area contributed by atoms with Crippen LogP contribution in [0.2, 0.25) is 0 Å². The van der Waals surface area contributed by atoms with Crippen molar-refractivity contribution in [3.05, 3.63) is 28.5 Å². The Labute approximate surface area is 114 Å². The lowest BCUT2D eigenvalue weighted by Crippen LogP contribution is -2.34. The molecule has 0 atom stereocenters. The number of carbonyl (C=O) groups is 1. The van der Waals surface area contributed by atoms with E-state index in [1.54, 1.807) is 19.1 Å². The third-order valence-electron chi connectivity index (χ3n) is 2.01. The van der Waals surface area contributed by atoms with Crippen molar-refractivity contribution < 1.29 is 13.2 Å². The van der Waals surface area contributed by atoms with Gasteiger partial charge in [-0.1, -0.05) is 6.92 Å². The third kappa shape index (κ3) is 5.11. The van der Waals surface area contributed by atoms with E-state index >= 15 is 0 Å². The van der Waals surface area contributed by atoms with E-state index in [4.69, 9.17) is 0 Å². The smallest absolute Gasteiger partial charge is 0.252 e. The standard InChI is InChI=1S/C10H14BrN3O3S/c1-2-14-18(16,17)6-5-12-10(15)8-3-4-9(11)13-7-8/h3-4,7,14H,2,5-6H2,1H3,(H,12,15). The highest BCUT2D eigenvalue weighted by Crippen LogP contribution is 2.05. The molecule has 0 saturated carbocycles. The van der Waals surface area contributed by atoms with Crippen molar-refractivity contribution in [1.82, 2.24) is 15.0 Å². The predicted molar refractivity (Wildman–Crippen MR) is 71.7 cm³/mol. The molecule has 8 heteroatoms. The van der Waals surface area contributed by atoms with Crippen LogP contribution >= 0.6 is 15.9 Å². The van der Waals surface area contributed by atoms with Crippen molar-refractivity contribution in [2.75, 3.05) is 18.8 Å². The summed E-state index contributed by atoms with van der Waals surface area (Å²) in [7, 11) is -3.30. The fraction of sp³-hybridized carbons (Fsp3) is 0.400. The SMILES string of the molecule is CCNS(=O)(=O)CCNC(=O)c1ccc(Br)nc1. The average Bonchev–Trinajstić information content (AvgIpc) is 2.29. The van der Waals surface area contributed by atoms with Gasteiger partial charge in [0.25, 0.3) is 5.91 Å². The molecule has 0 spiro atoms. The number of amides is 1. The second-order valence-electron chi connectivity index (χ2n) is 3.44. The molecule has 1 aromatic rings. The van der Waals surface area contributed by atoms with E-state index in [0.29, 0.717) is 16.7 Å². The molecule has 1 rings (SSSR count). The first kappa shape index (κ1) is 15.1. The molecular formula is C10H14BrN3O3S. The van der Waals surface area contributed by atoms with E-state index in [1.165, 1.54) is 6.20 Å². The number of aromatic nitrogens is 1. The molecule has 0 fully saturated rings. The van der Waals surface area contributed by atoms with Crippen LogP contribution in [0.5, 0.6) is 0 Å². The van der Waals surface area contributed by atoms with E-state index in [9.17, 15) is 13.2 Å². The van der Waals surface area contributed by atoms with Crippen LogP contribution in [-0.2, 0) is 10.0 Å². The minimum atomic E-state index is -3.30. The fourth-order valence-electron chi connectivity index (χ4n) is 1.20. The summed E-state index contributed by atoms with van der Waals surface area (Å²) in [4.78, 5) is 15.5. The van der Waals surface area contributed by atoms with Crippen molar-refractivity contribution in [2.24, 2.45) is 0 Å². The molecule has 0 unspecified atom stereocenters. The van der Waals surface area contributed by atoms with Gasteiger partial charge in [0.05, 0.1) is 11.3 Å². The van der Waals surface area contributed by atoms with Crippen molar-refractivity contribution in [2.45, 2.75) is 6.92 Å². The first-order chi connectivity index (χ1) is 8.44. The molecule has 2 N–H and O–H groups in total. The molecule has 0 aliphatic heterocycles. The number of nitrogens with one attached hydrogen (secondary N) is 2. The zero-order valence-electron chi connectivity index (χ0n) is 9.81. The summed E-state index contributed by atoms with van der Waals surface area (Å²) in [6.45, 7) is 2.10. The lowest BCUT2D eigenvalue weighted by Gasteiger charge is -2.06. The molecule has 0 aliphatic carbocycles. The van der Waals surface area contributed by atoms with Gasteiger partial charge in [-0.05, 0) is 28.1 Å². The van der Waals surface area contributed by atoms with Crippen LogP contribution in [0.1, 0.15) is 17.3 Å². The lowest BCUT2D eigenvalue weighted by atomic mass is 10.3. The fourth-order valence-corrected chi connectivity index (χ4v) is 2.39. The quantitative estimate of drug-likeness (QED) is 0.741. The number of nitrogens with zero attached hydrogens (tertiary/aromatic N) is 1. The summed E-state index contributed by atoms with van der Waals surface area (Å²) in [6.07, 6.45) is 1.41. The Balaban J connectivity index is 2.45. The van der Waals surface area contributed by atoms with Crippen molar-refractivity contribution >= 4 is 31.9 Å². The van der Waals surface area contributed by atoms with Gasteiger partial charge < -0.3 is 5.32 Å². The van der Waals surface area contributed by atoms with E-state index < -0.39 is 10.0 Å². The van der Waals surface area contributed by atoms with Crippen LogP contribution in [-0.4, -0.2) is 38.2 Å². The normalized spacial score (nSPS) is 11.2. The molecule has 1 amide bonds. The van der Waals surface area contributed by atoms with Gasteiger partial charge in [-0.3, -0.25) is 4.79 Å². The molecule has 1 heterocycles. The van der Waals surface area contributed by atoms with E-state index in [1.807, 2.05) is 0 Å². The maximum atomic E-state index is 11.6. The van der Waals surface area contributed by atoms with Gasteiger partial charge in [-0.15, -0.1) is 0 Å². The Morgan fingerprint density at radius 1 is 1.44 bits per heavy atom. The highest BCUT2D eigenvalue weighted by molar-refractivity contribution is 9.10. The third-order valence-corrected chi connectivity index (χ3v) is 3.95. The Kier molecular flexibility index (Phi) is 5.70. The van der Waals surface area contributed by atoms with Crippen LogP contribution in [0.4, 0.5) is 0 Å². The zero-order chi connectivity index (χ0) is 13.6. The maximum absolute atomic E-state index is 11.6. The minimum absolute atomic E-state index is 0.0598. The molecule has 100 valence electrons. The molecule has 6 nitrogen and oxygen atoms in total. The van der Waals surface area contributed by atoms with E-state index in [0.717, 1.165) is 0 Å². The molecule has 0 aliphatic rings. The van der Waals surface area contributed by atoms with Crippen LogP contribution in [0.25, 0.3) is 0 Å².